The van der Waals surface area contributed by atoms with Crippen molar-refractivity contribution in [3.05, 3.63) is 47.1 Å². The molecule has 2 aromatic carbocycles. The van der Waals surface area contributed by atoms with Crippen LogP contribution in [0.5, 0.6) is 11.5 Å². The highest BCUT2D eigenvalue weighted by atomic mass is 35.5. The second-order valence-electron chi connectivity index (χ2n) is 9.73. The number of aromatic hydroxyl groups is 1. The number of hydrogen-bond acceptors (Lipinski definition) is 6. The third-order valence-electron chi connectivity index (χ3n) is 6.93. The van der Waals surface area contributed by atoms with Gasteiger partial charge in [0.1, 0.15) is 0 Å². The molecule has 3 N–H and O–H groups in total. The van der Waals surface area contributed by atoms with Gasteiger partial charge < -0.3 is 20.5 Å². The molecule has 186 valence electrons. The SMILES string of the molecule is CNC[C@H]1CC[C@H](Nc2c(C(=O)C(C)C)cnc3ccc(-c4cc(Cl)c(O)c(OC)c4)cc23)CC1. The van der Waals surface area contributed by atoms with Crippen LogP contribution in [0.15, 0.2) is 36.5 Å². The van der Waals surface area contributed by atoms with Crippen molar-refractivity contribution in [3.63, 3.8) is 0 Å². The summed E-state index contributed by atoms with van der Waals surface area (Å²) in [4.78, 5) is 17.8. The van der Waals surface area contributed by atoms with E-state index in [1.54, 1.807) is 18.3 Å². The second-order valence-corrected chi connectivity index (χ2v) is 10.1. The largest absolute Gasteiger partial charge is 0.503 e. The number of hydrogen-bond donors (Lipinski definition) is 3. The summed E-state index contributed by atoms with van der Waals surface area (Å²) in [7, 11) is 3.50. The Balaban J connectivity index is 1.78. The highest BCUT2D eigenvalue weighted by Crippen LogP contribution is 2.40. The van der Waals surface area contributed by atoms with Gasteiger partial charge in [0.25, 0.3) is 0 Å². The number of nitrogens with zero attached hydrogens (tertiary/aromatic N) is 1. The molecule has 1 aliphatic rings. The summed E-state index contributed by atoms with van der Waals surface area (Å²) in [5.41, 5.74) is 4.00. The van der Waals surface area contributed by atoms with Crippen LogP contribution in [0.3, 0.4) is 0 Å². The van der Waals surface area contributed by atoms with E-state index in [-0.39, 0.29) is 22.5 Å². The number of carbonyl (C=O) groups excluding carboxylic acids is 1. The first kappa shape index (κ1) is 25.3. The van der Waals surface area contributed by atoms with E-state index in [0.29, 0.717) is 23.3 Å². The van der Waals surface area contributed by atoms with Crippen LogP contribution in [-0.4, -0.2) is 42.6 Å². The number of halogens is 1. The molecule has 7 heteroatoms. The maximum atomic E-state index is 13.2. The van der Waals surface area contributed by atoms with Gasteiger partial charge in [-0.2, -0.15) is 0 Å². The van der Waals surface area contributed by atoms with Crippen molar-refractivity contribution >= 4 is 34.0 Å². The number of methoxy groups -OCH3 is 1. The Morgan fingerprint density at radius 3 is 2.57 bits per heavy atom. The Morgan fingerprint density at radius 2 is 1.91 bits per heavy atom. The van der Waals surface area contributed by atoms with Gasteiger partial charge in [0, 0.05) is 23.5 Å². The van der Waals surface area contributed by atoms with Gasteiger partial charge in [0.2, 0.25) is 0 Å². The number of aromatic nitrogens is 1. The number of nitrogens with one attached hydrogen (secondary N) is 2. The van der Waals surface area contributed by atoms with E-state index in [4.69, 9.17) is 16.3 Å². The molecule has 0 amide bonds. The Morgan fingerprint density at radius 1 is 1.17 bits per heavy atom. The number of ketones is 1. The number of fused-ring (bicyclic) bond motifs is 1. The van der Waals surface area contributed by atoms with Gasteiger partial charge in [-0.15, -0.1) is 0 Å². The first-order valence-corrected chi connectivity index (χ1v) is 12.6. The summed E-state index contributed by atoms with van der Waals surface area (Å²) < 4.78 is 5.29. The molecule has 0 aliphatic heterocycles. The number of anilines is 1. The van der Waals surface area contributed by atoms with Gasteiger partial charge >= 0.3 is 0 Å². The van der Waals surface area contributed by atoms with E-state index in [1.807, 2.05) is 39.1 Å². The lowest BCUT2D eigenvalue weighted by Gasteiger charge is -2.30. The molecule has 0 unspecified atom stereocenters. The van der Waals surface area contributed by atoms with Gasteiger partial charge in [-0.1, -0.05) is 31.5 Å². The molecule has 0 bridgehead atoms. The highest BCUT2D eigenvalue weighted by Gasteiger charge is 2.25. The van der Waals surface area contributed by atoms with Crippen molar-refractivity contribution in [2.75, 3.05) is 26.0 Å². The van der Waals surface area contributed by atoms with E-state index in [1.165, 1.54) is 7.11 Å². The number of phenolic OH excluding ortho intramolecular Hbond substituents is 1. The first-order valence-electron chi connectivity index (χ1n) is 12.3. The molecule has 6 nitrogen and oxygen atoms in total. The molecule has 0 atom stereocenters. The minimum Gasteiger partial charge on any atom is -0.503 e. The molecule has 1 heterocycles. The molecular formula is C28H34ClN3O3. The summed E-state index contributed by atoms with van der Waals surface area (Å²) in [6, 6.07) is 9.74. The van der Waals surface area contributed by atoms with Crippen LogP contribution in [0.2, 0.25) is 5.02 Å². The lowest BCUT2D eigenvalue weighted by molar-refractivity contribution is 0.0940. The summed E-state index contributed by atoms with van der Waals surface area (Å²) >= 11 is 6.26. The zero-order valence-corrected chi connectivity index (χ0v) is 21.6. The van der Waals surface area contributed by atoms with Gasteiger partial charge in [-0.05, 0) is 80.6 Å². The summed E-state index contributed by atoms with van der Waals surface area (Å²) in [6.45, 7) is 4.88. The Kier molecular flexibility index (Phi) is 7.82. The summed E-state index contributed by atoms with van der Waals surface area (Å²) in [5, 5.41) is 18.3. The first-order chi connectivity index (χ1) is 16.8. The molecule has 0 spiro atoms. The maximum Gasteiger partial charge on any atom is 0.176 e. The van der Waals surface area contributed by atoms with Gasteiger partial charge in [0.15, 0.2) is 17.3 Å². The monoisotopic (exact) mass is 495 g/mol. The van der Waals surface area contributed by atoms with E-state index < -0.39 is 0 Å². The van der Waals surface area contributed by atoms with Crippen LogP contribution in [0.1, 0.15) is 49.9 Å². The zero-order valence-electron chi connectivity index (χ0n) is 20.8. The van der Waals surface area contributed by atoms with Gasteiger partial charge in [-0.25, -0.2) is 0 Å². The van der Waals surface area contributed by atoms with Crippen molar-refractivity contribution in [2.45, 2.75) is 45.6 Å². The van der Waals surface area contributed by atoms with Gasteiger partial charge in [-0.3, -0.25) is 9.78 Å². The molecule has 4 rings (SSSR count). The normalized spacial score (nSPS) is 18.1. The third kappa shape index (κ3) is 5.39. The van der Waals surface area contributed by atoms with Crippen molar-refractivity contribution < 1.29 is 14.6 Å². The van der Waals surface area contributed by atoms with Crippen molar-refractivity contribution in [1.29, 1.82) is 0 Å². The number of Topliss-reactive ketones (excluding diaryl/α,β-unsaturated/α-hetero) is 1. The standard InChI is InChI=1S/C28H34ClN3O3/c1-16(2)27(33)22-15-31-24-10-7-18(19-12-23(29)28(34)25(13-19)35-4)11-21(24)26(22)32-20-8-5-17(6-9-20)14-30-3/h7,10-13,15-17,20,30,34H,5-6,8-9,14H2,1-4H3,(H,31,32)/t17-,20-. The van der Waals surface area contributed by atoms with Crippen molar-refractivity contribution in [1.82, 2.24) is 10.3 Å². The van der Waals surface area contributed by atoms with Gasteiger partial charge in [0.05, 0.1) is 28.9 Å². The third-order valence-corrected chi connectivity index (χ3v) is 7.22. The number of rotatable bonds is 8. The molecule has 3 aromatic rings. The van der Waals surface area contributed by atoms with Crippen LogP contribution in [0, 0.1) is 11.8 Å². The van der Waals surface area contributed by atoms with Crippen LogP contribution in [0.4, 0.5) is 5.69 Å². The van der Waals surface area contributed by atoms with E-state index >= 15 is 0 Å². The quantitative estimate of drug-likeness (QED) is 0.318. The average Bonchev–Trinajstić information content (AvgIpc) is 2.86. The van der Waals surface area contributed by atoms with Crippen LogP contribution in [0.25, 0.3) is 22.0 Å². The van der Waals surface area contributed by atoms with E-state index in [9.17, 15) is 9.90 Å². The highest BCUT2D eigenvalue weighted by molar-refractivity contribution is 6.32. The molecule has 35 heavy (non-hydrogen) atoms. The van der Waals surface area contributed by atoms with E-state index in [0.717, 1.165) is 59.9 Å². The number of carbonyl (C=O) groups is 1. The smallest absolute Gasteiger partial charge is 0.176 e. The molecule has 1 aliphatic carbocycles. The van der Waals surface area contributed by atoms with Crippen LogP contribution in [-0.2, 0) is 0 Å². The van der Waals surface area contributed by atoms with Crippen LogP contribution >= 0.6 is 11.6 Å². The number of pyridine rings is 1. The fraction of sp³-hybridized carbons (Fsp3) is 0.429. The number of phenols is 1. The topological polar surface area (TPSA) is 83.5 Å². The fourth-order valence-electron chi connectivity index (χ4n) is 4.93. The van der Waals surface area contributed by atoms with Crippen molar-refractivity contribution in [3.8, 4) is 22.6 Å². The minimum absolute atomic E-state index is 0.0746. The summed E-state index contributed by atoms with van der Waals surface area (Å²) in [5.74, 6) is 0.868. The Bertz CT molecular complexity index is 1220. The molecule has 0 saturated heterocycles. The molecule has 1 saturated carbocycles. The lowest BCUT2D eigenvalue weighted by atomic mass is 9.85. The Labute approximate surface area is 212 Å². The Hall–Kier alpha value is -2.83. The lowest BCUT2D eigenvalue weighted by Crippen LogP contribution is -2.30. The summed E-state index contributed by atoms with van der Waals surface area (Å²) in [6.07, 6.45) is 6.16. The number of ether oxygens (including phenoxy) is 1. The minimum atomic E-state index is -0.135. The van der Waals surface area contributed by atoms with Crippen molar-refractivity contribution in [2.24, 2.45) is 11.8 Å². The predicted molar refractivity (Wildman–Crippen MR) is 143 cm³/mol. The molecular weight excluding hydrogens is 462 g/mol. The molecule has 0 radical (unpaired) electrons. The predicted octanol–water partition coefficient (Wildman–Crippen LogP) is 6.30. The van der Waals surface area contributed by atoms with Crippen LogP contribution < -0.4 is 15.4 Å². The second kappa shape index (κ2) is 10.8. The maximum absolute atomic E-state index is 13.2. The average molecular weight is 496 g/mol. The van der Waals surface area contributed by atoms with E-state index in [2.05, 4.69) is 15.6 Å². The number of benzene rings is 2. The molecule has 1 aromatic heterocycles. The zero-order chi connectivity index (χ0) is 25.1. The molecule has 1 fully saturated rings. The fourth-order valence-corrected chi connectivity index (χ4v) is 5.14.